The van der Waals surface area contributed by atoms with E-state index in [9.17, 15) is 28.1 Å². The van der Waals surface area contributed by atoms with E-state index in [-0.39, 0.29) is 29.1 Å². The number of halogens is 3. The van der Waals surface area contributed by atoms with Crippen molar-refractivity contribution in [3.05, 3.63) is 64.6 Å². The number of aromatic nitrogens is 2. The first kappa shape index (κ1) is 30.6. The van der Waals surface area contributed by atoms with Crippen molar-refractivity contribution in [3.8, 4) is 22.7 Å². The Morgan fingerprint density at radius 3 is 2.33 bits per heavy atom. The van der Waals surface area contributed by atoms with Crippen LogP contribution in [0.1, 0.15) is 76.7 Å². The molecule has 11 heteroatoms. The van der Waals surface area contributed by atoms with Gasteiger partial charge in [-0.1, -0.05) is 58.3 Å². The molecule has 0 aliphatic rings. The Morgan fingerprint density at radius 1 is 1.02 bits per heavy atom. The second-order valence-corrected chi connectivity index (χ2v) is 9.64. The average molecular weight is 561 g/mol. The number of esters is 1. The molecule has 0 saturated carbocycles. The summed E-state index contributed by atoms with van der Waals surface area (Å²) in [6.07, 6.45) is 7.97. The van der Waals surface area contributed by atoms with Gasteiger partial charge >= 0.3 is 12.1 Å². The lowest BCUT2D eigenvalue weighted by Gasteiger charge is -2.13. The highest BCUT2D eigenvalue weighted by Gasteiger charge is 2.32. The van der Waals surface area contributed by atoms with Crippen LogP contribution in [0.2, 0.25) is 0 Å². The Hall–Kier alpha value is -3.89. The van der Waals surface area contributed by atoms with Crippen molar-refractivity contribution in [1.29, 1.82) is 0 Å². The van der Waals surface area contributed by atoms with Gasteiger partial charge in [-0.05, 0) is 30.7 Å². The van der Waals surface area contributed by atoms with Crippen molar-refractivity contribution in [1.82, 2.24) is 9.55 Å². The summed E-state index contributed by atoms with van der Waals surface area (Å²) in [6, 6.07) is 7.17. The zero-order chi connectivity index (χ0) is 29.1. The number of nitrogens with zero attached hydrogens (tertiary/aromatic N) is 3. The molecule has 1 N–H and O–H groups in total. The van der Waals surface area contributed by atoms with Gasteiger partial charge in [-0.15, -0.1) is 0 Å². The molecule has 1 heterocycles. The largest absolute Gasteiger partial charge is 0.426 e. The summed E-state index contributed by atoms with van der Waals surface area (Å²) in [6.45, 7) is 2.17. The molecule has 0 bridgehead atoms. The van der Waals surface area contributed by atoms with Gasteiger partial charge < -0.3 is 14.6 Å². The molecule has 40 heavy (non-hydrogen) atoms. The quantitative estimate of drug-likeness (QED) is 0.0659. The summed E-state index contributed by atoms with van der Waals surface area (Å²) in [4.78, 5) is 27.6. The van der Waals surface area contributed by atoms with Crippen LogP contribution in [-0.4, -0.2) is 27.5 Å². The summed E-state index contributed by atoms with van der Waals surface area (Å²) in [5.74, 6) is -0.854. The number of hydrogen-bond donors (Lipinski definition) is 1. The number of carbonyl (C=O) groups excluding carboxylic acids is 1. The highest BCUT2D eigenvalue weighted by molar-refractivity contribution is 5.77. The minimum absolute atomic E-state index is 0.0964. The van der Waals surface area contributed by atoms with Crippen molar-refractivity contribution >= 4 is 17.3 Å². The number of non-ortho nitro benzene ring substituents is 1. The second kappa shape index (κ2) is 14.5. The first-order chi connectivity index (χ1) is 19.1. The van der Waals surface area contributed by atoms with Crippen molar-refractivity contribution in [2.24, 2.45) is 0 Å². The average Bonchev–Trinajstić information content (AvgIpc) is 3.41. The molecule has 0 amide bonds. The number of unbranched alkanes of at least 4 members (excludes halogenated alkanes) is 8. The van der Waals surface area contributed by atoms with E-state index in [0.29, 0.717) is 17.8 Å². The smallest absolute Gasteiger partial charge is 0.416 e. The number of rotatable bonds is 15. The SMILES string of the molecule is CCCCCCCCCCCC(=O)Oc1cc(C(F)(F)F)ccc1-c1cn(-c2cc([N+](=O)[O-])ccc2NC)cn1. The Bertz CT molecular complexity index is 1290. The zero-order valence-electron chi connectivity index (χ0n) is 22.8. The molecule has 216 valence electrons. The van der Waals surface area contributed by atoms with E-state index in [2.05, 4.69) is 17.2 Å². The maximum absolute atomic E-state index is 13.4. The third-order valence-electron chi connectivity index (χ3n) is 6.62. The lowest BCUT2D eigenvalue weighted by molar-refractivity contribution is -0.384. The van der Waals surface area contributed by atoms with Gasteiger partial charge in [-0.2, -0.15) is 13.2 Å². The van der Waals surface area contributed by atoms with E-state index in [1.807, 2.05) is 0 Å². The van der Waals surface area contributed by atoms with Gasteiger partial charge in [0.1, 0.15) is 5.75 Å². The zero-order valence-corrected chi connectivity index (χ0v) is 22.8. The minimum Gasteiger partial charge on any atom is -0.426 e. The lowest BCUT2D eigenvalue weighted by atomic mass is 10.1. The lowest BCUT2D eigenvalue weighted by Crippen LogP contribution is -2.11. The van der Waals surface area contributed by atoms with Crippen LogP contribution in [0, 0.1) is 10.1 Å². The minimum atomic E-state index is -4.62. The number of nitro benzene ring substituents is 1. The van der Waals surface area contributed by atoms with Gasteiger partial charge in [0.25, 0.3) is 5.69 Å². The third-order valence-corrected chi connectivity index (χ3v) is 6.62. The van der Waals surface area contributed by atoms with E-state index in [4.69, 9.17) is 4.74 Å². The summed E-state index contributed by atoms with van der Waals surface area (Å²) in [5, 5.41) is 14.2. The van der Waals surface area contributed by atoms with Gasteiger partial charge in [0.2, 0.25) is 0 Å². The monoisotopic (exact) mass is 560 g/mol. The first-order valence-electron chi connectivity index (χ1n) is 13.6. The van der Waals surface area contributed by atoms with Gasteiger partial charge in [0.05, 0.1) is 33.9 Å². The maximum Gasteiger partial charge on any atom is 0.416 e. The summed E-state index contributed by atoms with van der Waals surface area (Å²) in [7, 11) is 1.66. The number of carbonyl (C=O) groups is 1. The summed E-state index contributed by atoms with van der Waals surface area (Å²) in [5.41, 5.74) is 0.361. The van der Waals surface area contributed by atoms with Gasteiger partial charge in [-0.25, -0.2) is 4.98 Å². The van der Waals surface area contributed by atoms with E-state index >= 15 is 0 Å². The van der Waals surface area contributed by atoms with Crippen LogP contribution in [0.3, 0.4) is 0 Å². The van der Waals surface area contributed by atoms with E-state index in [1.54, 1.807) is 13.1 Å². The molecule has 0 spiro atoms. The van der Waals surface area contributed by atoms with Crippen LogP contribution in [-0.2, 0) is 11.0 Å². The van der Waals surface area contributed by atoms with Crippen LogP contribution in [0.5, 0.6) is 5.75 Å². The van der Waals surface area contributed by atoms with E-state index < -0.39 is 22.6 Å². The van der Waals surface area contributed by atoms with Crippen molar-refractivity contribution in [3.63, 3.8) is 0 Å². The van der Waals surface area contributed by atoms with Crippen LogP contribution in [0.15, 0.2) is 48.9 Å². The maximum atomic E-state index is 13.4. The highest BCUT2D eigenvalue weighted by atomic mass is 19.4. The number of alkyl halides is 3. The fourth-order valence-corrected chi connectivity index (χ4v) is 4.40. The topological polar surface area (TPSA) is 99.3 Å². The number of nitrogens with one attached hydrogen (secondary N) is 1. The number of imidazole rings is 1. The standard InChI is InChI=1S/C29H35F3N4O4/c1-3-4-5-6-7-8-9-10-11-12-28(37)40-27-17-21(29(30,31)32)13-15-23(27)25-19-35(20-34-25)26-18-22(36(38)39)14-16-24(26)33-2/h13-20,33H,3-12H2,1-2H3. The fourth-order valence-electron chi connectivity index (χ4n) is 4.40. The molecule has 0 aliphatic heterocycles. The molecule has 0 fully saturated rings. The van der Waals surface area contributed by atoms with Crippen LogP contribution in [0.25, 0.3) is 16.9 Å². The van der Waals surface area contributed by atoms with Crippen LogP contribution in [0.4, 0.5) is 24.5 Å². The van der Waals surface area contributed by atoms with Crippen LogP contribution >= 0.6 is 0 Å². The van der Waals surface area contributed by atoms with Gasteiger partial charge in [0, 0.05) is 37.4 Å². The molecular formula is C29H35F3N4O4. The molecule has 0 radical (unpaired) electrons. The Balaban J connectivity index is 1.75. The highest BCUT2D eigenvalue weighted by Crippen LogP contribution is 2.37. The third kappa shape index (κ3) is 8.56. The summed E-state index contributed by atoms with van der Waals surface area (Å²) >= 11 is 0. The molecule has 0 saturated heterocycles. The molecule has 3 rings (SSSR count). The van der Waals surface area contributed by atoms with E-state index in [1.165, 1.54) is 61.0 Å². The number of benzene rings is 2. The predicted octanol–water partition coefficient (Wildman–Crippen LogP) is 8.33. The normalized spacial score (nSPS) is 11.4. The Kier molecular flexibility index (Phi) is 11.1. The Labute approximate surface area is 231 Å². The Morgan fingerprint density at radius 2 is 1.70 bits per heavy atom. The van der Waals surface area contributed by atoms with Crippen molar-refractivity contribution in [2.75, 3.05) is 12.4 Å². The number of hydrogen-bond acceptors (Lipinski definition) is 6. The second-order valence-electron chi connectivity index (χ2n) is 9.64. The van der Waals surface area contributed by atoms with E-state index in [0.717, 1.165) is 37.8 Å². The van der Waals surface area contributed by atoms with Crippen molar-refractivity contribution < 1.29 is 27.6 Å². The van der Waals surface area contributed by atoms with Crippen molar-refractivity contribution in [2.45, 2.75) is 77.3 Å². The molecule has 0 unspecified atom stereocenters. The molecule has 0 aliphatic carbocycles. The van der Waals surface area contributed by atoms with Crippen LogP contribution < -0.4 is 10.1 Å². The predicted molar refractivity (Wildman–Crippen MR) is 148 cm³/mol. The molecule has 2 aromatic carbocycles. The fraction of sp³-hybridized carbons (Fsp3) is 0.448. The first-order valence-corrected chi connectivity index (χ1v) is 13.6. The number of nitro groups is 1. The van der Waals surface area contributed by atoms with Gasteiger partial charge in [-0.3, -0.25) is 14.9 Å². The molecule has 3 aromatic rings. The molecular weight excluding hydrogens is 525 g/mol. The number of ether oxygens (including phenoxy) is 1. The number of anilines is 1. The molecule has 0 atom stereocenters. The van der Waals surface area contributed by atoms with Gasteiger partial charge in [0.15, 0.2) is 0 Å². The summed E-state index contributed by atoms with van der Waals surface area (Å²) < 4.78 is 47.3. The molecule has 1 aromatic heterocycles. The molecule has 8 nitrogen and oxygen atoms in total.